The van der Waals surface area contributed by atoms with Gasteiger partial charge in [-0.15, -0.1) is 0 Å². The molecule has 2 N–H and O–H groups in total. The summed E-state index contributed by atoms with van der Waals surface area (Å²) in [7, 11) is 0. The van der Waals surface area contributed by atoms with Crippen LogP contribution in [0.3, 0.4) is 0 Å². The number of aliphatic hydroxyl groups is 2. The number of rotatable bonds is 5. The fourth-order valence-corrected chi connectivity index (χ4v) is 1.01. The zero-order chi connectivity index (χ0) is 9.03. The third kappa shape index (κ3) is 2.35. The van der Waals surface area contributed by atoms with Crippen molar-refractivity contribution in [1.82, 2.24) is 0 Å². The molecular formula is C7H12O5. The van der Waals surface area contributed by atoms with E-state index in [1.165, 1.54) is 0 Å². The molecular weight excluding hydrogens is 164 g/mol. The average Bonchev–Trinajstić information content (AvgIpc) is 1.96. The number of aliphatic hydroxyl groups excluding tert-OH is 1. The van der Waals surface area contributed by atoms with Crippen molar-refractivity contribution < 1.29 is 24.5 Å². The van der Waals surface area contributed by atoms with Crippen molar-refractivity contribution in [3.63, 3.8) is 0 Å². The van der Waals surface area contributed by atoms with Crippen LogP contribution in [0, 0.1) is 0 Å². The molecule has 0 spiro atoms. The van der Waals surface area contributed by atoms with Crippen molar-refractivity contribution in [3.05, 3.63) is 0 Å². The van der Waals surface area contributed by atoms with E-state index < -0.39 is 12.1 Å². The average molecular weight is 176 g/mol. The minimum atomic E-state index is -1.69. The van der Waals surface area contributed by atoms with E-state index >= 15 is 0 Å². The first-order valence-electron chi connectivity index (χ1n) is 3.91. The molecule has 0 aliphatic carbocycles. The van der Waals surface area contributed by atoms with Gasteiger partial charge in [0, 0.05) is 6.61 Å². The maximum absolute atomic E-state index is 10.2. The summed E-state index contributed by atoms with van der Waals surface area (Å²) in [5.41, 5.74) is 0. The number of cyclic esters (lactones) is 2. The number of hydrogen-bond donors (Lipinski definition) is 2. The Labute approximate surface area is 69.9 Å². The molecule has 1 heterocycles. The quantitative estimate of drug-likeness (QED) is 0.467. The van der Waals surface area contributed by atoms with E-state index in [9.17, 15) is 4.79 Å². The molecule has 0 saturated carbocycles. The van der Waals surface area contributed by atoms with E-state index in [0.717, 1.165) is 6.42 Å². The third-order valence-corrected chi connectivity index (χ3v) is 1.64. The van der Waals surface area contributed by atoms with Gasteiger partial charge in [-0.05, 0) is 12.8 Å². The predicted molar refractivity (Wildman–Crippen MR) is 38.1 cm³/mol. The van der Waals surface area contributed by atoms with Crippen molar-refractivity contribution in [3.8, 4) is 0 Å². The van der Waals surface area contributed by atoms with Gasteiger partial charge in [0.15, 0.2) is 0 Å². The van der Waals surface area contributed by atoms with Crippen LogP contribution in [0.25, 0.3) is 0 Å². The smallest absolute Gasteiger partial charge is 0.396 e. The summed E-state index contributed by atoms with van der Waals surface area (Å²) in [6.45, 7) is 0.138. The molecule has 1 aliphatic rings. The molecule has 70 valence electrons. The Balaban J connectivity index is 2.03. The van der Waals surface area contributed by atoms with Gasteiger partial charge < -0.3 is 19.7 Å². The Bertz CT molecular complexity index is 159. The highest BCUT2D eigenvalue weighted by Gasteiger charge is 2.46. The minimum absolute atomic E-state index is 0.138. The molecule has 0 bridgehead atoms. The first-order chi connectivity index (χ1) is 5.66. The summed E-state index contributed by atoms with van der Waals surface area (Å²) < 4.78 is 8.68. The van der Waals surface area contributed by atoms with E-state index in [2.05, 4.69) is 9.47 Å². The lowest BCUT2D eigenvalue weighted by Gasteiger charge is -2.33. The van der Waals surface area contributed by atoms with E-state index in [1.54, 1.807) is 0 Å². The molecule has 0 aromatic carbocycles. The van der Waals surface area contributed by atoms with Crippen LogP contribution < -0.4 is 0 Å². The standard InChI is InChI=1S/C7H12O5/c8-5-3-1-2-4-7(10)11-6(9)12-7/h8,10H,1-5H2. The van der Waals surface area contributed by atoms with Gasteiger partial charge in [-0.2, -0.15) is 0 Å². The minimum Gasteiger partial charge on any atom is -0.396 e. The first kappa shape index (κ1) is 9.28. The summed E-state index contributed by atoms with van der Waals surface area (Å²) >= 11 is 0. The second kappa shape index (κ2) is 3.73. The number of carbonyl (C=O) groups is 1. The summed E-state index contributed by atoms with van der Waals surface area (Å²) in [5.74, 6) is -1.69. The molecule has 12 heavy (non-hydrogen) atoms. The SMILES string of the molecule is O=C1OC(O)(CCCCCO)O1. The molecule has 0 unspecified atom stereocenters. The number of hydrogen-bond acceptors (Lipinski definition) is 5. The van der Waals surface area contributed by atoms with Crippen LogP contribution in [0.4, 0.5) is 4.79 Å². The molecule has 0 atom stereocenters. The van der Waals surface area contributed by atoms with Crippen molar-refractivity contribution in [1.29, 1.82) is 0 Å². The monoisotopic (exact) mass is 176 g/mol. The summed E-state index contributed by atoms with van der Waals surface area (Å²) in [5, 5.41) is 17.6. The number of carbonyl (C=O) groups excluding carboxylic acids is 1. The van der Waals surface area contributed by atoms with Gasteiger partial charge in [0.05, 0.1) is 6.42 Å². The normalized spacial score (nSPS) is 19.3. The van der Waals surface area contributed by atoms with E-state index in [1.807, 2.05) is 0 Å². The lowest BCUT2D eigenvalue weighted by Crippen LogP contribution is -2.49. The highest BCUT2D eigenvalue weighted by atomic mass is 17.0. The molecule has 0 radical (unpaired) electrons. The van der Waals surface area contributed by atoms with Crippen molar-refractivity contribution in [2.75, 3.05) is 6.61 Å². The largest absolute Gasteiger partial charge is 0.518 e. The molecule has 1 aliphatic heterocycles. The molecule has 0 aromatic rings. The summed E-state index contributed by atoms with van der Waals surface area (Å²) in [4.78, 5) is 10.2. The van der Waals surface area contributed by atoms with Crippen LogP contribution in [-0.4, -0.2) is 28.9 Å². The van der Waals surface area contributed by atoms with Gasteiger partial charge in [-0.25, -0.2) is 4.79 Å². The zero-order valence-corrected chi connectivity index (χ0v) is 6.65. The van der Waals surface area contributed by atoms with Gasteiger partial charge in [-0.1, -0.05) is 6.42 Å². The molecule has 0 amide bonds. The molecule has 5 nitrogen and oxygen atoms in total. The second-order valence-corrected chi connectivity index (χ2v) is 2.70. The van der Waals surface area contributed by atoms with Crippen molar-refractivity contribution >= 4 is 6.16 Å². The number of unbranched alkanes of at least 4 members (excludes halogenated alkanes) is 2. The van der Waals surface area contributed by atoms with Gasteiger partial charge in [0.2, 0.25) is 0 Å². The molecule has 1 fully saturated rings. The Morgan fingerprint density at radius 1 is 1.25 bits per heavy atom. The molecule has 0 aromatic heterocycles. The fraction of sp³-hybridized carbons (Fsp3) is 0.857. The van der Waals surface area contributed by atoms with E-state index in [0.29, 0.717) is 12.8 Å². The number of ether oxygens (including phenoxy) is 2. The van der Waals surface area contributed by atoms with Crippen LogP contribution in [0.2, 0.25) is 0 Å². The Hall–Kier alpha value is -0.810. The van der Waals surface area contributed by atoms with Crippen LogP contribution >= 0.6 is 0 Å². The van der Waals surface area contributed by atoms with Crippen LogP contribution in [0.1, 0.15) is 25.7 Å². The highest BCUT2D eigenvalue weighted by Crippen LogP contribution is 2.27. The second-order valence-electron chi connectivity index (χ2n) is 2.70. The van der Waals surface area contributed by atoms with Crippen molar-refractivity contribution in [2.24, 2.45) is 0 Å². The summed E-state index contributed by atoms with van der Waals surface area (Å²) in [6, 6.07) is 0. The third-order valence-electron chi connectivity index (χ3n) is 1.64. The zero-order valence-electron chi connectivity index (χ0n) is 6.65. The van der Waals surface area contributed by atoms with Crippen molar-refractivity contribution in [2.45, 2.75) is 31.7 Å². The maximum Gasteiger partial charge on any atom is 0.518 e. The lowest BCUT2D eigenvalue weighted by atomic mass is 10.1. The Morgan fingerprint density at radius 3 is 2.42 bits per heavy atom. The van der Waals surface area contributed by atoms with Crippen LogP contribution in [-0.2, 0) is 9.47 Å². The van der Waals surface area contributed by atoms with Gasteiger partial charge >= 0.3 is 12.1 Å². The van der Waals surface area contributed by atoms with E-state index in [4.69, 9.17) is 10.2 Å². The summed E-state index contributed by atoms with van der Waals surface area (Å²) in [6.07, 6.45) is 1.55. The first-order valence-corrected chi connectivity index (χ1v) is 3.91. The predicted octanol–water partition coefficient (Wildman–Crippen LogP) is 0.352. The fourth-order valence-electron chi connectivity index (χ4n) is 1.01. The highest BCUT2D eigenvalue weighted by molar-refractivity contribution is 5.64. The molecule has 1 saturated heterocycles. The van der Waals surface area contributed by atoms with Crippen LogP contribution in [0.15, 0.2) is 0 Å². The van der Waals surface area contributed by atoms with E-state index in [-0.39, 0.29) is 13.0 Å². The van der Waals surface area contributed by atoms with Gasteiger partial charge in [0.1, 0.15) is 0 Å². The van der Waals surface area contributed by atoms with Gasteiger partial charge in [0.25, 0.3) is 0 Å². The lowest BCUT2D eigenvalue weighted by molar-refractivity contribution is -0.388. The van der Waals surface area contributed by atoms with Crippen LogP contribution in [0.5, 0.6) is 0 Å². The topological polar surface area (TPSA) is 76.0 Å². The Morgan fingerprint density at radius 2 is 1.92 bits per heavy atom. The Kier molecular flexibility index (Phi) is 2.88. The maximum atomic E-state index is 10.2. The van der Waals surface area contributed by atoms with Gasteiger partial charge in [-0.3, -0.25) is 0 Å². The molecule has 5 heteroatoms. The molecule has 1 rings (SSSR count).